The molecule has 10 heteroatoms. The first-order chi connectivity index (χ1) is 17.4. The molecule has 0 saturated carbocycles. The first kappa shape index (κ1) is 25.3. The molecule has 1 aromatic carbocycles. The highest BCUT2D eigenvalue weighted by Crippen LogP contribution is 2.29. The summed E-state index contributed by atoms with van der Waals surface area (Å²) < 4.78 is 40.0. The van der Waals surface area contributed by atoms with Crippen LogP contribution in [-0.4, -0.2) is 56.2 Å². The van der Waals surface area contributed by atoms with Gasteiger partial charge in [0.05, 0.1) is 42.5 Å². The lowest BCUT2D eigenvalue weighted by molar-refractivity contribution is 0.0954. The van der Waals surface area contributed by atoms with E-state index in [-0.39, 0.29) is 35.6 Å². The maximum Gasteiger partial charge on any atom is 0.253 e. The monoisotopic (exact) mass is 497 g/mol. The number of fused-ring (bicyclic) bond motifs is 1. The zero-order valence-electron chi connectivity index (χ0n) is 20.4. The van der Waals surface area contributed by atoms with Gasteiger partial charge in [0.15, 0.2) is 0 Å². The van der Waals surface area contributed by atoms with Gasteiger partial charge in [-0.25, -0.2) is 13.8 Å². The van der Waals surface area contributed by atoms with Crippen LogP contribution in [0.15, 0.2) is 48.8 Å². The fourth-order valence-corrected chi connectivity index (χ4v) is 4.18. The number of nitrogens with zero attached hydrogens (tertiary/aromatic N) is 3. The van der Waals surface area contributed by atoms with Crippen LogP contribution in [0.1, 0.15) is 34.1 Å². The molecule has 0 fully saturated rings. The molecule has 3 heterocycles. The Labute approximate surface area is 208 Å². The standard InChI is InChI=1S/C26H29F2N5O3/c1-29-8-7-24(16-5-4-6-17(27)9-16)36-19-11-21(28)22(30-14-19)10-18-13-32-26(34)20-12-25(35-3)31-15-23(20)33(18)2/h4-6,9,11-12,14-15,18,24,29H,7-8,10,13H2,1-3H3,(H,32,34)/t18-,24?/m0/s1. The van der Waals surface area contributed by atoms with Crippen LogP contribution in [0.25, 0.3) is 0 Å². The normalized spacial score (nSPS) is 16.1. The molecule has 3 aromatic rings. The van der Waals surface area contributed by atoms with Crippen molar-refractivity contribution >= 4 is 11.6 Å². The van der Waals surface area contributed by atoms with E-state index >= 15 is 4.39 Å². The summed E-state index contributed by atoms with van der Waals surface area (Å²) in [6.45, 7) is 0.939. The van der Waals surface area contributed by atoms with Crippen LogP contribution in [0.3, 0.4) is 0 Å². The fourth-order valence-electron chi connectivity index (χ4n) is 4.18. The Kier molecular flexibility index (Phi) is 7.94. The summed E-state index contributed by atoms with van der Waals surface area (Å²) in [7, 11) is 5.13. The molecule has 0 bridgehead atoms. The quantitative estimate of drug-likeness (QED) is 0.469. The van der Waals surface area contributed by atoms with Crippen molar-refractivity contribution in [3.8, 4) is 11.6 Å². The van der Waals surface area contributed by atoms with Gasteiger partial charge < -0.3 is 25.0 Å². The molecule has 2 N–H and O–H groups in total. The van der Waals surface area contributed by atoms with Gasteiger partial charge >= 0.3 is 0 Å². The summed E-state index contributed by atoms with van der Waals surface area (Å²) in [5, 5.41) is 5.93. The van der Waals surface area contributed by atoms with Crippen LogP contribution >= 0.6 is 0 Å². The summed E-state index contributed by atoms with van der Waals surface area (Å²) in [5.41, 5.74) is 1.97. The lowest BCUT2D eigenvalue weighted by atomic mass is 10.1. The third-order valence-electron chi connectivity index (χ3n) is 6.21. The van der Waals surface area contributed by atoms with E-state index in [4.69, 9.17) is 9.47 Å². The molecule has 2 aromatic heterocycles. The number of methoxy groups -OCH3 is 1. The lowest BCUT2D eigenvalue weighted by Crippen LogP contribution is -2.40. The molecule has 2 atom stereocenters. The number of hydrogen-bond acceptors (Lipinski definition) is 7. The van der Waals surface area contributed by atoms with Crippen molar-refractivity contribution in [2.75, 3.05) is 39.2 Å². The second-order valence-corrected chi connectivity index (χ2v) is 8.58. The number of anilines is 1. The molecule has 1 aliphatic heterocycles. The zero-order valence-corrected chi connectivity index (χ0v) is 20.4. The third-order valence-corrected chi connectivity index (χ3v) is 6.21. The number of amides is 1. The van der Waals surface area contributed by atoms with Gasteiger partial charge in [0, 0.05) is 38.6 Å². The van der Waals surface area contributed by atoms with Crippen LogP contribution in [-0.2, 0) is 6.42 Å². The minimum absolute atomic E-state index is 0.246. The number of ether oxygens (including phenoxy) is 2. The van der Waals surface area contributed by atoms with Crippen molar-refractivity contribution in [1.29, 1.82) is 0 Å². The van der Waals surface area contributed by atoms with Gasteiger partial charge in [0.1, 0.15) is 23.5 Å². The molecule has 4 rings (SSSR count). The number of nitrogens with one attached hydrogen (secondary N) is 2. The predicted octanol–water partition coefficient (Wildman–Crippen LogP) is 3.28. The first-order valence-corrected chi connectivity index (χ1v) is 11.7. The third kappa shape index (κ3) is 5.71. The van der Waals surface area contributed by atoms with Crippen LogP contribution in [0.2, 0.25) is 0 Å². The number of halogens is 2. The van der Waals surface area contributed by atoms with Gasteiger partial charge in [-0.2, -0.15) is 0 Å². The Morgan fingerprint density at radius 2 is 2.06 bits per heavy atom. The number of benzene rings is 1. The molecule has 8 nitrogen and oxygen atoms in total. The first-order valence-electron chi connectivity index (χ1n) is 11.7. The van der Waals surface area contributed by atoms with Crippen molar-refractivity contribution in [2.24, 2.45) is 0 Å². The lowest BCUT2D eigenvalue weighted by Gasteiger charge is -2.28. The Morgan fingerprint density at radius 1 is 1.22 bits per heavy atom. The average Bonchev–Trinajstić information content (AvgIpc) is 2.99. The smallest absolute Gasteiger partial charge is 0.253 e. The van der Waals surface area contributed by atoms with E-state index in [1.165, 1.54) is 31.5 Å². The molecule has 1 amide bonds. The molecule has 190 valence electrons. The summed E-state index contributed by atoms with van der Waals surface area (Å²) in [6.07, 6.45) is 3.39. The van der Waals surface area contributed by atoms with Crippen LogP contribution in [0.5, 0.6) is 11.6 Å². The van der Waals surface area contributed by atoms with Gasteiger partial charge in [0.25, 0.3) is 5.91 Å². The Bertz CT molecular complexity index is 1230. The highest BCUT2D eigenvalue weighted by Gasteiger charge is 2.28. The summed E-state index contributed by atoms with van der Waals surface area (Å²) in [6, 6.07) is 8.80. The molecule has 36 heavy (non-hydrogen) atoms. The van der Waals surface area contributed by atoms with E-state index in [1.54, 1.807) is 24.4 Å². The fraction of sp³-hybridized carbons (Fsp3) is 0.346. The van der Waals surface area contributed by atoms with Crippen LogP contribution < -0.4 is 25.0 Å². The van der Waals surface area contributed by atoms with Crippen molar-refractivity contribution < 1.29 is 23.0 Å². The topological polar surface area (TPSA) is 88.6 Å². The Balaban J connectivity index is 1.51. The summed E-state index contributed by atoms with van der Waals surface area (Å²) in [4.78, 5) is 23.0. The second-order valence-electron chi connectivity index (χ2n) is 8.58. The van der Waals surface area contributed by atoms with Crippen molar-refractivity contribution in [1.82, 2.24) is 20.6 Å². The highest BCUT2D eigenvalue weighted by atomic mass is 19.1. The van der Waals surface area contributed by atoms with Gasteiger partial charge in [-0.3, -0.25) is 9.78 Å². The second kappa shape index (κ2) is 11.3. The van der Waals surface area contributed by atoms with Crippen LogP contribution in [0, 0.1) is 11.6 Å². The van der Waals surface area contributed by atoms with E-state index in [0.29, 0.717) is 42.2 Å². The molecule has 0 spiro atoms. The minimum atomic E-state index is -0.517. The van der Waals surface area contributed by atoms with Crippen molar-refractivity contribution in [3.63, 3.8) is 0 Å². The maximum atomic E-state index is 15.1. The largest absolute Gasteiger partial charge is 0.484 e. The van der Waals surface area contributed by atoms with Crippen molar-refractivity contribution in [3.05, 3.63) is 77.2 Å². The van der Waals surface area contributed by atoms with Gasteiger partial charge in [-0.15, -0.1) is 0 Å². The van der Waals surface area contributed by atoms with E-state index in [9.17, 15) is 9.18 Å². The van der Waals surface area contributed by atoms with Crippen molar-refractivity contribution in [2.45, 2.75) is 25.0 Å². The predicted molar refractivity (Wildman–Crippen MR) is 132 cm³/mol. The number of pyridine rings is 2. The van der Waals surface area contributed by atoms with E-state index in [1.807, 2.05) is 19.0 Å². The summed E-state index contributed by atoms with van der Waals surface area (Å²) in [5.74, 6) is -0.533. The van der Waals surface area contributed by atoms with Crippen LogP contribution in [0.4, 0.5) is 14.5 Å². The van der Waals surface area contributed by atoms with Gasteiger partial charge in [0.2, 0.25) is 5.88 Å². The molecule has 1 unspecified atom stereocenters. The van der Waals surface area contributed by atoms with E-state index in [0.717, 1.165) is 0 Å². The minimum Gasteiger partial charge on any atom is -0.484 e. The number of carbonyl (C=O) groups is 1. The maximum absolute atomic E-state index is 15.1. The van der Waals surface area contributed by atoms with Gasteiger partial charge in [-0.05, 0) is 31.3 Å². The molecule has 0 saturated heterocycles. The number of aromatic nitrogens is 2. The molecular formula is C26H29F2N5O3. The SMILES string of the molecule is CNCCC(Oc1cnc(C[C@H]2CNC(=O)c3cc(OC)ncc3N2C)c(F)c1)c1cccc(F)c1. The van der Waals surface area contributed by atoms with E-state index in [2.05, 4.69) is 20.6 Å². The molecule has 0 radical (unpaired) electrons. The summed E-state index contributed by atoms with van der Waals surface area (Å²) >= 11 is 0. The average molecular weight is 498 g/mol. The van der Waals surface area contributed by atoms with E-state index < -0.39 is 11.9 Å². The number of rotatable bonds is 9. The Morgan fingerprint density at radius 3 is 2.78 bits per heavy atom. The van der Waals surface area contributed by atoms with Gasteiger partial charge in [-0.1, -0.05) is 12.1 Å². The number of carbonyl (C=O) groups excluding carboxylic acids is 1. The molecule has 0 aliphatic carbocycles. The Hall–Kier alpha value is -3.79. The number of hydrogen-bond donors (Lipinski definition) is 2. The highest BCUT2D eigenvalue weighted by molar-refractivity contribution is 6.00. The zero-order chi connectivity index (χ0) is 25.7. The number of likely N-dealkylation sites (N-methyl/N-ethyl adjacent to an activating group) is 1. The molecular weight excluding hydrogens is 468 g/mol. The molecule has 1 aliphatic rings.